The van der Waals surface area contributed by atoms with Crippen molar-refractivity contribution < 1.29 is 41.7 Å². The number of rotatable bonds is 8. The molecule has 1 saturated carbocycles. The molecule has 3 aliphatic rings. The third kappa shape index (κ3) is 6.37. The second kappa shape index (κ2) is 11.5. The Morgan fingerprint density at radius 2 is 1.82 bits per heavy atom. The van der Waals surface area contributed by atoms with E-state index in [1.165, 1.54) is 18.2 Å². The highest BCUT2D eigenvalue weighted by molar-refractivity contribution is 6.31. The minimum Gasteiger partial charge on any atom is -0.493 e. The number of carbonyl (C=O) groups excluding carboxylic acids is 1. The van der Waals surface area contributed by atoms with Gasteiger partial charge >= 0.3 is 12.1 Å². The van der Waals surface area contributed by atoms with Gasteiger partial charge in [-0.25, -0.2) is 9.18 Å². The largest absolute Gasteiger partial charge is 0.493 e. The number of alkyl halides is 3. The van der Waals surface area contributed by atoms with Gasteiger partial charge in [0.2, 0.25) is 0 Å². The highest BCUT2D eigenvalue weighted by atomic mass is 35.5. The second-order valence-electron chi connectivity index (χ2n) is 10.6. The molecule has 0 bridgehead atoms. The molecule has 1 amide bonds. The normalized spacial score (nSPS) is 20.6. The van der Waals surface area contributed by atoms with Crippen LogP contribution in [-0.2, 0) is 22.3 Å². The summed E-state index contributed by atoms with van der Waals surface area (Å²) in [5, 5.41) is 9.64. The number of piperidine rings is 1. The molecule has 0 aromatic heterocycles. The first-order valence-electron chi connectivity index (χ1n) is 13.2. The summed E-state index contributed by atoms with van der Waals surface area (Å²) in [5.74, 6) is -2.04. The van der Waals surface area contributed by atoms with Crippen LogP contribution in [0.5, 0.6) is 5.75 Å². The SMILES string of the molecule is O=C(O)C1COCN1C(=O)c1cc(C2CC2)c(OCC2CCN(Cc3cc(C(F)(F)F)ccc3Cl)CC2)cc1F. The van der Waals surface area contributed by atoms with Crippen LogP contribution in [0.1, 0.15) is 58.6 Å². The number of nitrogens with zero attached hydrogens (tertiary/aromatic N) is 2. The molecule has 2 aromatic rings. The van der Waals surface area contributed by atoms with E-state index in [2.05, 4.69) is 4.90 Å². The average molecular weight is 585 g/mol. The average Bonchev–Trinajstić information content (AvgIpc) is 3.63. The summed E-state index contributed by atoms with van der Waals surface area (Å²) in [7, 11) is 0. The van der Waals surface area contributed by atoms with Crippen LogP contribution in [0.2, 0.25) is 5.02 Å². The van der Waals surface area contributed by atoms with Crippen LogP contribution in [0.3, 0.4) is 0 Å². The lowest BCUT2D eigenvalue weighted by Gasteiger charge is -2.32. The maximum atomic E-state index is 15.1. The second-order valence-corrected chi connectivity index (χ2v) is 11.0. The molecule has 1 atom stereocenters. The minimum absolute atomic E-state index is 0.145. The lowest BCUT2D eigenvalue weighted by molar-refractivity contribution is -0.141. The number of benzene rings is 2. The summed E-state index contributed by atoms with van der Waals surface area (Å²) >= 11 is 6.16. The van der Waals surface area contributed by atoms with E-state index in [1.807, 2.05) is 0 Å². The van der Waals surface area contributed by atoms with Crippen LogP contribution in [0.25, 0.3) is 0 Å². The molecule has 2 heterocycles. The van der Waals surface area contributed by atoms with Crippen molar-refractivity contribution in [1.82, 2.24) is 9.80 Å². The Balaban J connectivity index is 1.20. The molecule has 0 spiro atoms. The van der Waals surface area contributed by atoms with E-state index in [1.54, 1.807) is 0 Å². The molecule has 2 aliphatic heterocycles. The zero-order chi connectivity index (χ0) is 28.6. The monoisotopic (exact) mass is 584 g/mol. The van der Waals surface area contributed by atoms with E-state index >= 15 is 4.39 Å². The zero-order valence-corrected chi connectivity index (χ0v) is 22.3. The topological polar surface area (TPSA) is 79.3 Å². The predicted octanol–water partition coefficient (Wildman–Crippen LogP) is 5.55. The van der Waals surface area contributed by atoms with Gasteiger partial charge in [-0.15, -0.1) is 0 Å². The summed E-state index contributed by atoms with van der Waals surface area (Å²) < 4.78 is 65.6. The smallest absolute Gasteiger partial charge is 0.416 e. The third-order valence-electron chi connectivity index (χ3n) is 7.72. The first kappa shape index (κ1) is 28.6. The molecule has 7 nitrogen and oxygen atoms in total. The van der Waals surface area contributed by atoms with Crippen molar-refractivity contribution in [2.24, 2.45) is 5.92 Å². The molecule has 2 aromatic carbocycles. The molecule has 2 saturated heterocycles. The van der Waals surface area contributed by atoms with Gasteiger partial charge in [0.25, 0.3) is 5.91 Å². The maximum absolute atomic E-state index is 15.1. The Morgan fingerprint density at radius 1 is 1.10 bits per heavy atom. The van der Waals surface area contributed by atoms with Crippen LogP contribution >= 0.6 is 11.6 Å². The number of ether oxygens (including phenoxy) is 2. The molecule has 0 radical (unpaired) electrons. The van der Waals surface area contributed by atoms with Gasteiger partial charge in [-0.3, -0.25) is 14.6 Å². The van der Waals surface area contributed by atoms with Gasteiger partial charge in [0.1, 0.15) is 18.3 Å². The van der Waals surface area contributed by atoms with Gasteiger partial charge in [-0.05, 0) is 86.0 Å². The number of hydrogen-bond acceptors (Lipinski definition) is 5. The molecule has 12 heteroatoms. The van der Waals surface area contributed by atoms with Crippen molar-refractivity contribution in [2.75, 3.05) is 33.0 Å². The van der Waals surface area contributed by atoms with Gasteiger partial charge in [0.05, 0.1) is 24.3 Å². The van der Waals surface area contributed by atoms with E-state index in [0.717, 1.165) is 48.3 Å². The fourth-order valence-electron chi connectivity index (χ4n) is 5.21. The molecule has 40 heavy (non-hydrogen) atoms. The summed E-state index contributed by atoms with van der Waals surface area (Å²) in [6, 6.07) is 4.87. The Hall–Kier alpha value is -2.89. The summed E-state index contributed by atoms with van der Waals surface area (Å²) in [5.41, 5.74) is 0.235. The van der Waals surface area contributed by atoms with Gasteiger partial charge in [-0.1, -0.05) is 11.6 Å². The fourth-order valence-corrected chi connectivity index (χ4v) is 5.39. The van der Waals surface area contributed by atoms with Crippen molar-refractivity contribution in [2.45, 2.75) is 50.4 Å². The molecule has 216 valence electrons. The van der Waals surface area contributed by atoms with Gasteiger partial charge in [-0.2, -0.15) is 13.2 Å². The quantitative estimate of drug-likeness (QED) is 0.410. The number of likely N-dealkylation sites (tertiary alicyclic amines) is 1. The third-order valence-corrected chi connectivity index (χ3v) is 8.09. The van der Waals surface area contributed by atoms with E-state index in [-0.39, 0.29) is 30.7 Å². The highest BCUT2D eigenvalue weighted by Crippen LogP contribution is 2.45. The molecular formula is C28H29ClF4N2O5. The van der Waals surface area contributed by atoms with Crippen LogP contribution in [0, 0.1) is 11.7 Å². The molecular weight excluding hydrogens is 556 g/mol. The Kier molecular flexibility index (Phi) is 8.26. The van der Waals surface area contributed by atoms with Crippen molar-refractivity contribution in [3.05, 3.63) is 63.4 Å². The van der Waals surface area contributed by atoms with Crippen molar-refractivity contribution in [1.29, 1.82) is 0 Å². The van der Waals surface area contributed by atoms with Crippen molar-refractivity contribution in [3.63, 3.8) is 0 Å². The van der Waals surface area contributed by atoms with Gasteiger partial charge in [0.15, 0.2) is 6.04 Å². The summed E-state index contributed by atoms with van der Waals surface area (Å²) in [4.78, 5) is 27.5. The number of hydrogen-bond donors (Lipinski definition) is 1. The van der Waals surface area contributed by atoms with E-state index in [0.29, 0.717) is 42.6 Å². The Labute approximate surface area is 233 Å². The zero-order valence-electron chi connectivity index (χ0n) is 21.6. The van der Waals surface area contributed by atoms with Crippen LogP contribution in [0.4, 0.5) is 17.6 Å². The minimum atomic E-state index is -4.43. The first-order valence-corrected chi connectivity index (χ1v) is 13.5. The summed E-state index contributed by atoms with van der Waals surface area (Å²) in [6.07, 6.45) is -1.16. The Morgan fingerprint density at radius 3 is 2.48 bits per heavy atom. The van der Waals surface area contributed by atoms with Crippen molar-refractivity contribution >= 4 is 23.5 Å². The summed E-state index contributed by atoms with van der Waals surface area (Å²) in [6.45, 7) is 1.59. The van der Waals surface area contributed by atoms with Crippen LogP contribution in [0.15, 0.2) is 30.3 Å². The number of carboxylic acids is 1. The first-order chi connectivity index (χ1) is 19.0. The highest BCUT2D eigenvalue weighted by Gasteiger charge is 2.38. The maximum Gasteiger partial charge on any atom is 0.416 e. The van der Waals surface area contributed by atoms with Crippen LogP contribution in [-0.4, -0.2) is 65.9 Å². The molecule has 1 unspecified atom stereocenters. The molecule has 5 rings (SSSR count). The standard InChI is InChI=1S/C28H29ClF4N2O5/c29-22-4-3-19(28(31,32)33)9-18(22)12-34-7-5-16(6-8-34)13-40-25-11-23(30)21(10-20(25)17-1-2-17)26(36)35-15-39-14-24(35)27(37)38/h3-4,9-11,16-17,24H,1-2,5-8,12-15H2,(H,37,38). The molecule has 1 N–H and O–H groups in total. The van der Waals surface area contributed by atoms with Crippen molar-refractivity contribution in [3.8, 4) is 5.75 Å². The predicted molar refractivity (Wildman–Crippen MR) is 137 cm³/mol. The lowest BCUT2D eigenvalue weighted by atomic mass is 9.97. The van der Waals surface area contributed by atoms with Crippen LogP contribution < -0.4 is 4.74 Å². The fraction of sp³-hybridized carbons (Fsp3) is 0.500. The molecule has 1 aliphatic carbocycles. The number of carboxylic acid groups (broad SMARTS) is 1. The van der Waals surface area contributed by atoms with E-state index in [9.17, 15) is 27.9 Å². The van der Waals surface area contributed by atoms with E-state index < -0.39 is 35.5 Å². The number of halogens is 5. The number of carbonyl (C=O) groups is 2. The Bertz CT molecular complexity index is 1280. The van der Waals surface area contributed by atoms with Gasteiger partial charge in [0, 0.05) is 17.6 Å². The number of aliphatic carboxylic acids is 1. The van der Waals surface area contributed by atoms with Gasteiger partial charge < -0.3 is 14.6 Å². The lowest BCUT2D eigenvalue weighted by Crippen LogP contribution is -2.42. The number of amides is 1. The van der Waals surface area contributed by atoms with E-state index in [4.69, 9.17) is 21.1 Å². The molecule has 3 fully saturated rings.